The first-order valence-corrected chi connectivity index (χ1v) is 7.15. The van der Waals surface area contributed by atoms with Gasteiger partial charge in [-0.1, -0.05) is 33.6 Å². The van der Waals surface area contributed by atoms with Gasteiger partial charge in [0.1, 0.15) is 0 Å². The minimum Gasteiger partial charge on any atom is -0.465 e. The number of unbranched alkanes of at least 4 members (excludes halogenated alkanes) is 1. The Morgan fingerprint density at radius 3 is 1.79 bits per heavy atom. The number of carbonyl (C=O) groups excluding carboxylic acids is 2. The molecule has 0 rings (SSSR count). The normalized spacial score (nSPS) is 11.5. The van der Waals surface area contributed by atoms with Gasteiger partial charge in [0.05, 0.1) is 13.2 Å². The number of rotatable bonds is 8. The Labute approximate surface area is 116 Å². The van der Waals surface area contributed by atoms with Crippen LogP contribution in [-0.2, 0) is 19.1 Å². The average molecular weight is 272 g/mol. The van der Waals surface area contributed by atoms with Crippen molar-refractivity contribution in [1.29, 1.82) is 0 Å². The van der Waals surface area contributed by atoms with Crippen molar-refractivity contribution in [3.8, 4) is 0 Å². The van der Waals surface area contributed by atoms with Crippen LogP contribution in [0.4, 0.5) is 0 Å². The molecule has 0 radical (unpaired) electrons. The van der Waals surface area contributed by atoms with Crippen LogP contribution < -0.4 is 0 Å². The van der Waals surface area contributed by atoms with Gasteiger partial charge in [-0.25, -0.2) is 0 Å². The molecule has 0 aliphatic carbocycles. The van der Waals surface area contributed by atoms with Crippen LogP contribution in [-0.4, -0.2) is 25.2 Å². The van der Waals surface area contributed by atoms with E-state index in [1.165, 1.54) is 0 Å². The lowest BCUT2D eigenvalue weighted by Gasteiger charge is -2.18. The van der Waals surface area contributed by atoms with Gasteiger partial charge < -0.3 is 9.47 Å². The highest BCUT2D eigenvalue weighted by Crippen LogP contribution is 2.23. The summed E-state index contributed by atoms with van der Waals surface area (Å²) in [6, 6.07) is 0. The lowest BCUT2D eigenvalue weighted by atomic mass is 9.88. The summed E-state index contributed by atoms with van der Waals surface area (Å²) in [6.45, 7) is 10.6. The number of hydrogen-bond donors (Lipinski definition) is 0. The summed E-state index contributed by atoms with van der Waals surface area (Å²) < 4.78 is 9.86. The molecule has 112 valence electrons. The molecule has 0 aliphatic heterocycles. The summed E-state index contributed by atoms with van der Waals surface area (Å²) >= 11 is 0. The molecule has 0 atom stereocenters. The standard InChI is InChI=1S/C15H28O4/c1-6-18-13(16)12(14(17)19-7-2)10-8-9-11-15(3,4)5/h12H,6-11H2,1-5H3. The Morgan fingerprint density at radius 1 is 0.947 bits per heavy atom. The fraction of sp³-hybridized carbons (Fsp3) is 0.867. The van der Waals surface area contributed by atoms with Crippen molar-refractivity contribution in [3.63, 3.8) is 0 Å². The number of esters is 2. The molecule has 0 bridgehead atoms. The smallest absolute Gasteiger partial charge is 0.320 e. The molecule has 0 saturated heterocycles. The molecule has 0 fully saturated rings. The van der Waals surface area contributed by atoms with Gasteiger partial charge >= 0.3 is 11.9 Å². The van der Waals surface area contributed by atoms with Crippen LogP contribution in [0.5, 0.6) is 0 Å². The largest absolute Gasteiger partial charge is 0.465 e. The molecule has 0 aromatic carbocycles. The van der Waals surface area contributed by atoms with Crippen LogP contribution in [0.15, 0.2) is 0 Å². The number of hydrogen-bond acceptors (Lipinski definition) is 4. The van der Waals surface area contributed by atoms with Gasteiger partial charge in [-0.15, -0.1) is 0 Å². The lowest BCUT2D eigenvalue weighted by Crippen LogP contribution is -2.28. The Kier molecular flexibility index (Phi) is 8.44. The predicted molar refractivity (Wildman–Crippen MR) is 74.7 cm³/mol. The molecule has 0 spiro atoms. The van der Waals surface area contributed by atoms with Crippen LogP contribution in [0, 0.1) is 11.3 Å². The van der Waals surface area contributed by atoms with E-state index in [0.717, 1.165) is 19.3 Å². The van der Waals surface area contributed by atoms with Crippen LogP contribution in [0.2, 0.25) is 0 Å². The van der Waals surface area contributed by atoms with Gasteiger partial charge in [0.25, 0.3) is 0 Å². The maximum Gasteiger partial charge on any atom is 0.320 e. The zero-order valence-corrected chi connectivity index (χ0v) is 13.0. The van der Waals surface area contributed by atoms with E-state index in [4.69, 9.17) is 9.47 Å². The summed E-state index contributed by atoms with van der Waals surface area (Å²) in [5.41, 5.74) is 0.281. The van der Waals surface area contributed by atoms with E-state index in [0.29, 0.717) is 6.42 Å². The highest BCUT2D eigenvalue weighted by Gasteiger charge is 2.28. The first kappa shape index (κ1) is 17.9. The van der Waals surface area contributed by atoms with Crippen molar-refractivity contribution < 1.29 is 19.1 Å². The number of carbonyl (C=O) groups is 2. The molecular formula is C15H28O4. The van der Waals surface area contributed by atoms with Crippen molar-refractivity contribution >= 4 is 11.9 Å². The summed E-state index contributed by atoms with van der Waals surface area (Å²) in [7, 11) is 0. The van der Waals surface area contributed by atoms with E-state index in [9.17, 15) is 9.59 Å². The van der Waals surface area contributed by atoms with E-state index in [-0.39, 0.29) is 18.6 Å². The van der Waals surface area contributed by atoms with Gasteiger partial charge in [0.15, 0.2) is 5.92 Å². The molecule has 19 heavy (non-hydrogen) atoms. The molecular weight excluding hydrogens is 244 g/mol. The summed E-state index contributed by atoms with van der Waals surface area (Å²) in [5, 5.41) is 0. The van der Waals surface area contributed by atoms with Gasteiger partial charge in [-0.2, -0.15) is 0 Å². The third-order valence-electron chi connectivity index (χ3n) is 2.81. The van der Waals surface area contributed by atoms with Gasteiger partial charge in [-0.3, -0.25) is 9.59 Å². The van der Waals surface area contributed by atoms with E-state index in [2.05, 4.69) is 20.8 Å². The first-order chi connectivity index (χ1) is 8.81. The van der Waals surface area contributed by atoms with Crippen LogP contribution >= 0.6 is 0 Å². The van der Waals surface area contributed by atoms with E-state index < -0.39 is 17.9 Å². The molecule has 0 aromatic rings. The Morgan fingerprint density at radius 2 is 1.42 bits per heavy atom. The van der Waals surface area contributed by atoms with E-state index in [1.54, 1.807) is 13.8 Å². The second-order valence-corrected chi connectivity index (χ2v) is 5.86. The van der Waals surface area contributed by atoms with Crippen LogP contribution in [0.25, 0.3) is 0 Å². The minimum absolute atomic E-state index is 0.281. The Bertz CT molecular complexity index is 260. The zero-order valence-electron chi connectivity index (χ0n) is 13.0. The SMILES string of the molecule is CCOC(=O)C(CCCCC(C)(C)C)C(=O)OCC. The predicted octanol–water partition coefficient (Wildman–Crippen LogP) is 3.34. The highest BCUT2D eigenvalue weighted by molar-refractivity contribution is 5.94. The van der Waals surface area contributed by atoms with E-state index in [1.807, 2.05) is 0 Å². The highest BCUT2D eigenvalue weighted by atomic mass is 16.6. The zero-order chi connectivity index (χ0) is 14.9. The minimum atomic E-state index is -0.764. The maximum absolute atomic E-state index is 11.7. The molecule has 0 saturated carbocycles. The maximum atomic E-state index is 11.7. The van der Waals surface area contributed by atoms with Crippen molar-refractivity contribution in [2.24, 2.45) is 11.3 Å². The van der Waals surface area contributed by atoms with Gasteiger partial charge in [-0.05, 0) is 32.1 Å². The second-order valence-electron chi connectivity index (χ2n) is 5.86. The molecule has 0 N–H and O–H groups in total. The number of ether oxygens (including phenoxy) is 2. The molecule has 0 heterocycles. The molecule has 0 aromatic heterocycles. The fourth-order valence-corrected chi connectivity index (χ4v) is 1.82. The third kappa shape index (κ3) is 8.62. The summed E-state index contributed by atoms with van der Waals surface area (Å²) in [4.78, 5) is 23.5. The second kappa shape index (κ2) is 8.94. The lowest BCUT2D eigenvalue weighted by molar-refractivity contribution is -0.161. The Balaban J connectivity index is 4.27. The summed E-state index contributed by atoms with van der Waals surface area (Å²) in [6.07, 6.45) is 3.41. The molecule has 4 heteroatoms. The van der Waals surface area contributed by atoms with Gasteiger partial charge in [0.2, 0.25) is 0 Å². The average Bonchev–Trinajstić information content (AvgIpc) is 2.27. The molecule has 0 aliphatic rings. The quantitative estimate of drug-likeness (QED) is 0.386. The van der Waals surface area contributed by atoms with Crippen molar-refractivity contribution in [2.45, 2.75) is 60.3 Å². The summed E-state index contributed by atoms with van der Waals surface area (Å²) in [5.74, 6) is -1.69. The first-order valence-electron chi connectivity index (χ1n) is 7.15. The molecule has 0 amide bonds. The van der Waals surface area contributed by atoms with E-state index >= 15 is 0 Å². The third-order valence-corrected chi connectivity index (χ3v) is 2.81. The molecule has 0 unspecified atom stereocenters. The van der Waals surface area contributed by atoms with Gasteiger partial charge in [0, 0.05) is 0 Å². The van der Waals surface area contributed by atoms with Crippen molar-refractivity contribution in [3.05, 3.63) is 0 Å². The van der Waals surface area contributed by atoms with Crippen molar-refractivity contribution in [1.82, 2.24) is 0 Å². The monoisotopic (exact) mass is 272 g/mol. The topological polar surface area (TPSA) is 52.6 Å². The van der Waals surface area contributed by atoms with Crippen LogP contribution in [0.1, 0.15) is 60.3 Å². The van der Waals surface area contributed by atoms with Crippen molar-refractivity contribution in [2.75, 3.05) is 13.2 Å². The Hall–Kier alpha value is -1.06. The molecule has 4 nitrogen and oxygen atoms in total. The fourth-order valence-electron chi connectivity index (χ4n) is 1.82. The van der Waals surface area contributed by atoms with Crippen LogP contribution in [0.3, 0.4) is 0 Å².